The van der Waals surface area contributed by atoms with E-state index in [9.17, 15) is 14.7 Å². The smallest absolute Gasteiger partial charge is 0.326 e. The molecule has 1 aromatic carbocycles. The van der Waals surface area contributed by atoms with Gasteiger partial charge >= 0.3 is 5.97 Å². The fourth-order valence-corrected chi connectivity index (χ4v) is 6.92. The van der Waals surface area contributed by atoms with Crippen molar-refractivity contribution in [1.29, 1.82) is 0 Å². The fourth-order valence-electron chi connectivity index (χ4n) is 6.22. The molecule has 1 amide bonds. The zero-order valence-electron chi connectivity index (χ0n) is 22.0. The molecule has 6 nitrogen and oxygen atoms in total. The summed E-state index contributed by atoms with van der Waals surface area (Å²) in [6, 6.07) is 9.45. The predicted octanol–water partition coefficient (Wildman–Crippen LogP) is 6.98. The van der Waals surface area contributed by atoms with Crippen LogP contribution in [0.4, 0.5) is 0 Å². The Morgan fingerprint density at radius 2 is 1.89 bits per heavy atom. The van der Waals surface area contributed by atoms with Gasteiger partial charge in [-0.25, -0.2) is 9.78 Å². The maximum absolute atomic E-state index is 13.2. The number of carboxylic acid groups (broad SMARTS) is 1. The van der Waals surface area contributed by atoms with Crippen molar-refractivity contribution in [2.24, 2.45) is 11.3 Å². The first-order chi connectivity index (χ1) is 17.8. The number of carboxylic acids is 1. The molecule has 37 heavy (non-hydrogen) atoms. The number of fused-ring (bicyclic) bond motifs is 1. The van der Waals surface area contributed by atoms with Gasteiger partial charge in [-0.1, -0.05) is 39.2 Å². The second-order valence-electron chi connectivity index (χ2n) is 11.9. The van der Waals surface area contributed by atoms with Crippen LogP contribution < -0.4 is 5.32 Å². The molecule has 2 heterocycles. The van der Waals surface area contributed by atoms with E-state index in [0.717, 1.165) is 61.8 Å². The van der Waals surface area contributed by atoms with Crippen LogP contribution in [-0.2, 0) is 11.2 Å². The summed E-state index contributed by atoms with van der Waals surface area (Å²) >= 11 is 1.74. The minimum absolute atomic E-state index is 0.331. The van der Waals surface area contributed by atoms with E-state index in [1.807, 2.05) is 18.2 Å². The normalized spacial score (nSPS) is 19.6. The Morgan fingerprint density at radius 3 is 2.57 bits per heavy atom. The number of aromatic nitrogens is 2. The summed E-state index contributed by atoms with van der Waals surface area (Å²) in [5, 5.41) is 14.8. The highest BCUT2D eigenvalue weighted by molar-refractivity contribution is 7.09. The van der Waals surface area contributed by atoms with Crippen LogP contribution in [-0.4, -0.2) is 32.6 Å². The molecule has 198 valence electrons. The number of aliphatic carboxylic acids is 1. The largest absolute Gasteiger partial charge is 0.480 e. The van der Waals surface area contributed by atoms with Crippen molar-refractivity contribution in [3.63, 3.8) is 0 Å². The van der Waals surface area contributed by atoms with Gasteiger partial charge in [0.25, 0.3) is 5.91 Å². The Morgan fingerprint density at radius 1 is 1.14 bits per heavy atom. The minimum Gasteiger partial charge on any atom is -0.480 e. The molecule has 1 atom stereocenters. The van der Waals surface area contributed by atoms with Gasteiger partial charge in [0.2, 0.25) is 0 Å². The molecule has 2 aliphatic rings. The van der Waals surface area contributed by atoms with Crippen LogP contribution in [0.15, 0.2) is 35.7 Å². The Kier molecular flexibility index (Phi) is 7.70. The standard InChI is InChI=1S/C30H39N3O3S/c1-30(2)14-12-20(13-15-30)17-25(29(35)36)32-28(34)21-10-11-26-24(18-21)31-27(19-23-9-6-16-37-23)33(26)22-7-4-3-5-8-22/h6,9-11,16,18,20,22,25H,3-5,7-8,12-15,17,19H2,1-2H3,(H,32,34)(H,35,36). The van der Waals surface area contributed by atoms with E-state index >= 15 is 0 Å². The summed E-state index contributed by atoms with van der Waals surface area (Å²) < 4.78 is 2.40. The molecule has 5 rings (SSSR count). The molecule has 0 spiro atoms. The highest BCUT2D eigenvalue weighted by atomic mass is 32.1. The maximum Gasteiger partial charge on any atom is 0.326 e. The predicted molar refractivity (Wildman–Crippen MR) is 148 cm³/mol. The number of imidazole rings is 1. The Labute approximate surface area is 223 Å². The molecular weight excluding hydrogens is 482 g/mol. The first kappa shape index (κ1) is 26.0. The van der Waals surface area contributed by atoms with E-state index in [1.54, 1.807) is 11.3 Å². The summed E-state index contributed by atoms with van der Waals surface area (Å²) in [5.74, 6) is 0.0879. The number of benzene rings is 1. The number of rotatable bonds is 8. The Hall–Kier alpha value is -2.67. The van der Waals surface area contributed by atoms with Crippen molar-refractivity contribution in [3.8, 4) is 0 Å². The number of nitrogens with one attached hydrogen (secondary N) is 1. The Balaban J connectivity index is 1.36. The number of nitrogens with zero attached hydrogens (tertiary/aromatic N) is 2. The van der Waals surface area contributed by atoms with Crippen molar-refractivity contribution < 1.29 is 14.7 Å². The molecule has 0 aliphatic heterocycles. The van der Waals surface area contributed by atoms with Crippen molar-refractivity contribution in [3.05, 3.63) is 52.0 Å². The number of hydrogen-bond acceptors (Lipinski definition) is 4. The first-order valence-corrected chi connectivity index (χ1v) is 14.7. The summed E-state index contributed by atoms with van der Waals surface area (Å²) in [4.78, 5) is 31.5. The number of thiophene rings is 1. The van der Waals surface area contributed by atoms with Crippen LogP contribution in [0.1, 0.15) is 105 Å². The summed E-state index contributed by atoms with van der Waals surface area (Å²) in [7, 11) is 0. The van der Waals surface area contributed by atoms with Gasteiger partial charge in [-0.2, -0.15) is 0 Å². The average molecular weight is 522 g/mol. The number of carbonyl (C=O) groups is 2. The molecule has 3 aromatic rings. The van der Waals surface area contributed by atoms with Crippen molar-refractivity contribution in [1.82, 2.24) is 14.9 Å². The third-order valence-corrected chi connectivity index (χ3v) is 9.38. The Bertz CT molecular complexity index is 1230. The monoisotopic (exact) mass is 521 g/mol. The lowest BCUT2D eigenvalue weighted by atomic mass is 9.71. The summed E-state index contributed by atoms with van der Waals surface area (Å²) in [6.45, 7) is 4.55. The highest BCUT2D eigenvalue weighted by Crippen LogP contribution is 2.39. The lowest BCUT2D eigenvalue weighted by molar-refractivity contribution is -0.139. The van der Waals surface area contributed by atoms with Gasteiger partial charge in [-0.15, -0.1) is 11.3 Å². The number of amides is 1. The quantitative estimate of drug-likeness (QED) is 0.335. The van der Waals surface area contributed by atoms with Gasteiger partial charge in [-0.05, 0) is 85.9 Å². The SMILES string of the molecule is CC1(C)CCC(CC(NC(=O)c2ccc3c(c2)nc(Cc2cccs2)n3C2CCCCC2)C(=O)O)CC1. The molecule has 7 heteroatoms. The van der Waals surface area contributed by atoms with Crippen LogP contribution in [0, 0.1) is 11.3 Å². The number of carbonyl (C=O) groups excluding carboxylic acids is 1. The second-order valence-corrected chi connectivity index (χ2v) is 12.9. The van der Waals surface area contributed by atoms with Crippen molar-refractivity contribution >= 4 is 34.2 Å². The minimum atomic E-state index is -0.959. The third kappa shape index (κ3) is 6.08. The molecule has 2 N–H and O–H groups in total. The van der Waals surface area contributed by atoms with Gasteiger partial charge in [0.15, 0.2) is 0 Å². The fraction of sp³-hybridized carbons (Fsp3) is 0.567. The van der Waals surface area contributed by atoms with Crippen LogP contribution in [0.2, 0.25) is 0 Å². The zero-order chi connectivity index (χ0) is 26.0. The molecule has 2 aliphatic carbocycles. The molecule has 0 radical (unpaired) electrons. The van der Waals surface area contributed by atoms with E-state index in [-0.39, 0.29) is 5.91 Å². The molecular formula is C30H39N3O3S. The van der Waals surface area contributed by atoms with Gasteiger partial charge in [0, 0.05) is 22.9 Å². The second kappa shape index (κ2) is 11.0. The molecule has 0 bridgehead atoms. The summed E-state index contributed by atoms with van der Waals surface area (Å²) in [6.07, 6.45) is 11.6. The average Bonchev–Trinajstić information content (AvgIpc) is 3.52. The maximum atomic E-state index is 13.2. The molecule has 2 fully saturated rings. The topological polar surface area (TPSA) is 84.2 Å². The van der Waals surface area contributed by atoms with Crippen LogP contribution in [0.5, 0.6) is 0 Å². The van der Waals surface area contributed by atoms with Crippen LogP contribution in [0.25, 0.3) is 11.0 Å². The molecule has 0 saturated heterocycles. The van der Waals surface area contributed by atoms with Crippen molar-refractivity contribution in [2.75, 3.05) is 0 Å². The van der Waals surface area contributed by atoms with Crippen molar-refractivity contribution in [2.45, 2.75) is 96.6 Å². The number of hydrogen-bond donors (Lipinski definition) is 2. The third-order valence-electron chi connectivity index (χ3n) is 8.51. The van der Waals surface area contributed by atoms with E-state index in [1.165, 1.54) is 24.1 Å². The highest BCUT2D eigenvalue weighted by Gasteiger charge is 2.31. The van der Waals surface area contributed by atoms with E-state index in [0.29, 0.717) is 29.4 Å². The first-order valence-electron chi connectivity index (χ1n) is 13.9. The van der Waals surface area contributed by atoms with E-state index in [4.69, 9.17) is 4.98 Å². The lowest BCUT2D eigenvalue weighted by Crippen LogP contribution is -2.42. The summed E-state index contributed by atoms with van der Waals surface area (Å²) in [5.41, 5.74) is 2.68. The van der Waals surface area contributed by atoms with Crippen LogP contribution in [0.3, 0.4) is 0 Å². The zero-order valence-corrected chi connectivity index (χ0v) is 22.9. The van der Waals surface area contributed by atoms with E-state index < -0.39 is 12.0 Å². The molecule has 1 unspecified atom stereocenters. The van der Waals surface area contributed by atoms with Crippen LogP contribution >= 0.6 is 11.3 Å². The molecule has 2 aromatic heterocycles. The van der Waals surface area contributed by atoms with Gasteiger partial charge < -0.3 is 15.0 Å². The molecule has 2 saturated carbocycles. The van der Waals surface area contributed by atoms with Gasteiger partial charge in [0.1, 0.15) is 11.9 Å². The van der Waals surface area contributed by atoms with Gasteiger partial charge in [-0.3, -0.25) is 4.79 Å². The van der Waals surface area contributed by atoms with E-state index in [2.05, 4.69) is 41.2 Å². The van der Waals surface area contributed by atoms with Gasteiger partial charge in [0.05, 0.1) is 11.0 Å². The lowest BCUT2D eigenvalue weighted by Gasteiger charge is -2.35.